The second-order valence-electron chi connectivity index (χ2n) is 3.31. The number of amides is 1. The number of carboxylic acids is 1. The summed E-state index contributed by atoms with van der Waals surface area (Å²) in [7, 11) is 3.08. The molecule has 1 amide bonds. The van der Waals surface area contributed by atoms with E-state index in [4.69, 9.17) is 5.11 Å². The van der Waals surface area contributed by atoms with Gasteiger partial charge in [-0.05, 0) is 6.07 Å². The van der Waals surface area contributed by atoms with Gasteiger partial charge in [-0.25, -0.2) is 4.68 Å². The normalized spacial score (nSPS) is 9.88. The summed E-state index contributed by atoms with van der Waals surface area (Å²) in [5.74, 6) is -1.58. The van der Waals surface area contributed by atoms with Crippen molar-refractivity contribution in [3.05, 3.63) is 28.2 Å². The number of hydrogen-bond acceptors (Lipinski definition) is 4. The molecule has 0 aliphatic heterocycles. The fourth-order valence-electron chi connectivity index (χ4n) is 1.03. The molecule has 7 nitrogen and oxygen atoms in total. The number of carbonyl (C=O) groups excluding carboxylic acids is 1. The average molecular weight is 225 g/mol. The van der Waals surface area contributed by atoms with Crippen LogP contribution in [0.1, 0.15) is 10.5 Å². The highest BCUT2D eigenvalue weighted by Crippen LogP contribution is 1.95. The van der Waals surface area contributed by atoms with Gasteiger partial charge in [0.1, 0.15) is 12.2 Å². The van der Waals surface area contributed by atoms with Crippen molar-refractivity contribution in [2.75, 3.05) is 14.1 Å². The molecule has 0 aliphatic carbocycles. The molecule has 1 rings (SSSR count). The van der Waals surface area contributed by atoms with E-state index >= 15 is 0 Å². The van der Waals surface area contributed by atoms with E-state index in [1.807, 2.05) is 0 Å². The fourth-order valence-corrected chi connectivity index (χ4v) is 1.03. The summed E-state index contributed by atoms with van der Waals surface area (Å²) >= 11 is 0. The van der Waals surface area contributed by atoms with Crippen LogP contribution in [0.25, 0.3) is 0 Å². The van der Waals surface area contributed by atoms with Crippen molar-refractivity contribution in [1.82, 2.24) is 14.7 Å². The van der Waals surface area contributed by atoms with E-state index in [0.717, 1.165) is 10.7 Å². The van der Waals surface area contributed by atoms with Crippen LogP contribution in [0.5, 0.6) is 0 Å². The van der Waals surface area contributed by atoms with Crippen molar-refractivity contribution in [2.24, 2.45) is 0 Å². The van der Waals surface area contributed by atoms with E-state index in [-0.39, 0.29) is 11.6 Å². The molecule has 0 atom stereocenters. The van der Waals surface area contributed by atoms with E-state index < -0.39 is 18.1 Å². The van der Waals surface area contributed by atoms with Crippen LogP contribution >= 0.6 is 0 Å². The zero-order valence-electron chi connectivity index (χ0n) is 8.88. The van der Waals surface area contributed by atoms with Crippen molar-refractivity contribution in [3.63, 3.8) is 0 Å². The summed E-state index contributed by atoms with van der Waals surface area (Å²) in [6.45, 7) is -0.562. The van der Waals surface area contributed by atoms with Crippen LogP contribution in [-0.2, 0) is 11.3 Å². The second kappa shape index (κ2) is 4.56. The topological polar surface area (TPSA) is 92.5 Å². The third kappa shape index (κ3) is 2.66. The molecule has 0 bridgehead atoms. The number of aliphatic carboxylic acids is 1. The third-order valence-electron chi connectivity index (χ3n) is 1.78. The van der Waals surface area contributed by atoms with Gasteiger partial charge < -0.3 is 10.0 Å². The first kappa shape index (κ1) is 11.9. The minimum Gasteiger partial charge on any atom is -0.480 e. The first-order valence-corrected chi connectivity index (χ1v) is 4.43. The largest absolute Gasteiger partial charge is 0.480 e. The van der Waals surface area contributed by atoms with Gasteiger partial charge >= 0.3 is 5.97 Å². The van der Waals surface area contributed by atoms with Crippen molar-refractivity contribution < 1.29 is 14.7 Å². The number of carboxylic acid groups (broad SMARTS) is 1. The van der Waals surface area contributed by atoms with Gasteiger partial charge in [-0.2, -0.15) is 5.10 Å². The molecular weight excluding hydrogens is 214 g/mol. The standard InChI is InChI=1S/C9H11N3O4/c1-11(2)9(16)6-3-4-7(13)12(10-6)5-8(14)15/h3-4H,5H2,1-2H3,(H,14,15). The Kier molecular flexibility index (Phi) is 3.39. The molecule has 7 heteroatoms. The average Bonchev–Trinajstić information content (AvgIpc) is 2.19. The lowest BCUT2D eigenvalue weighted by Crippen LogP contribution is -2.30. The zero-order chi connectivity index (χ0) is 12.3. The van der Waals surface area contributed by atoms with Crippen LogP contribution in [0, 0.1) is 0 Å². The number of rotatable bonds is 3. The molecule has 0 aliphatic rings. The molecule has 0 spiro atoms. The van der Waals surface area contributed by atoms with Crippen molar-refractivity contribution in [1.29, 1.82) is 0 Å². The first-order valence-electron chi connectivity index (χ1n) is 4.43. The van der Waals surface area contributed by atoms with Crippen LogP contribution in [0.3, 0.4) is 0 Å². The predicted octanol–water partition coefficient (Wildman–Crippen LogP) is -0.970. The summed E-state index contributed by atoms with van der Waals surface area (Å²) in [6, 6.07) is 2.38. The summed E-state index contributed by atoms with van der Waals surface area (Å²) < 4.78 is 0.735. The second-order valence-corrected chi connectivity index (χ2v) is 3.31. The molecule has 86 valence electrons. The lowest BCUT2D eigenvalue weighted by atomic mass is 10.3. The molecule has 0 saturated carbocycles. The maximum Gasteiger partial charge on any atom is 0.325 e. The van der Waals surface area contributed by atoms with Gasteiger partial charge in [0.25, 0.3) is 11.5 Å². The molecular formula is C9H11N3O4. The molecule has 1 aromatic heterocycles. The van der Waals surface area contributed by atoms with Gasteiger partial charge in [0.2, 0.25) is 0 Å². The van der Waals surface area contributed by atoms with Gasteiger partial charge in [0.05, 0.1) is 0 Å². The molecule has 1 aromatic rings. The first-order chi connectivity index (χ1) is 7.41. The van der Waals surface area contributed by atoms with E-state index in [9.17, 15) is 14.4 Å². The van der Waals surface area contributed by atoms with Gasteiger partial charge in [-0.3, -0.25) is 14.4 Å². The molecule has 16 heavy (non-hydrogen) atoms. The highest BCUT2D eigenvalue weighted by atomic mass is 16.4. The summed E-state index contributed by atoms with van der Waals surface area (Å²) in [5.41, 5.74) is -0.524. The number of aromatic nitrogens is 2. The molecule has 1 heterocycles. The van der Waals surface area contributed by atoms with Crippen LogP contribution in [0.15, 0.2) is 16.9 Å². The maximum atomic E-state index is 11.5. The van der Waals surface area contributed by atoms with E-state index in [0.29, 0.717) is 0 Å². The highest BCUT2D eigenvalue weighted by Gasteiger charge is 2.12. The molecule has 0 saturated heterocycles. The van der Waals surface area contributed by atoms with Crippen LogP contribution in [0.2, 0.25) is 0 Å². The summed E-state index contributed by atoms with van der Waals surface area (Å²) in [6.07, 6.45) is 0. The Hall–Kier alpha value is -2.18. The third-order valence-corrected chi connectivity index (χ3v) is 1.78. The number of carbonyl (C=O) groups is 2. The predicted molar refractivity (Wildman–Crippen MR) is 54.2 cm³/mol. The molecule has 0 aromatic carbocycles. The van der Waals surface area contributed by atoms with Gasteiger partial charge in [-0.15, -0.1) is 0 Å². The van der Waals surface area contributed by atoms with Gasteiger partial charge in [0, 0.05) is 20.2 Å². The molecule has 0 radical (unpaired) electrons. The van der Waals surface area contributed by atoms with Crippen LogP contribution in [-0.4, -0.2) is 45.8 Å². The lowest BCUT2D eigenvalue weighted by molar-refractivity contribution is -0.138. The number of nitrogens with zero attached hydrogens (tertiary/aromatic N) is 3. The highest BCUT2D eigenvalue weighted by molar-refractivity contribution is 5.91. The minimum absolute atomic E-state index is 0.0332. The molecule has 0 fully saturated rings. The summed E-state index contributed by atoms with van der Waals surface area (Å²) in [4.78, 5) is 34.4. The lowest BCUT2D eigenvalue weighted by Gasteiger charge is -2.10. The fraction of sp³-hybridized carbons (Fsp3) is 0.333. The van der Waals surface area contributed by atoms with Crippen molar-refractivity contribution in [3.8, 4) is 0 Å². The Morgan fingerprint density at radius 1 is 1.44 bits per heavy atom. The maximum absolute atomic E-state index is 11.5. The van der Waals surface area contributed by atoms with Gasteiger partial charge in [-0.1, -0.05) is 0 Å². The monoisotopic (exact) mass is 225 g/mol. The number of hydrogen-bond donors (Lipinski definition) is 1. The SMILES string of the molecule is CN(C)C(=O)c1ccc(=O)n(CC(=O)O)n1. The minimum atomic E-state index is -1.19. The van der Waals surface area contributed by atoms with Crippen LogP contribution in [0.4, 0.5) is 0 Å². The van der Waals surface area contributed by atoms with Crippen molar-refractivity contribution in [2.45, 2.75) is 6.54 Å². The zero-order valence-corrected chi connectivity index (χ0v) is 8.88. The Bertz CT molecular complexity index is 478. The quantitative estimate of drug-likeness (QED) is 0.714. The molecule has 0 unspecified atom stereocenters. The van der Waals surface area contributed by atoms with Crippen molar-refractivity contribution >= 4 is 11.9 Å². The van der Waals surface area contributed by atoms with E-state index in [1.165, 1.54) is 25.1 Å². The molecule has 1 N–H and O–H groups in total. The Morgan fingerprint density at radius 3 is 2.56 bits per heavy atom. The van der Waals surface area contributed by atoms with E-state index in [1.54, 1.807) is 0 Å². The van der Waals surface area contributed by atoms with E-state index in [2.05, 4.69) is 5.10 Å². The Labute approximate surface area is 90.9 Å². The smallest absolute Gasteiger partial charge is 0.325 e. The van der Waals surface area contributed by atoms with Gasteiger partial charge in [0.15, 0.2) is 0 Å². The Morgan fingerprint density at radius 2 is 2.06 bits per heavy atom. The Balaban J connectivity index is 3.12. The summed E-state index contributed by atoms with van der Waals surface area (Å²) in [5, 5.41) is 12.2. The van der Waals surface area contributed by atoms with Crippen LogP contribution < -0.4 is 5.56 Å².